The highest BCUT2D eigenvalue weighted by Crippen LogP contribution is 2.17. The molecule has 6 nitrogen and oxygen atoms in total. The number of carbonyl (C=O) groups excluding carboxylic acids is 1. The van der Waals surface area contributed by atoms with Crippen LogP contribution in [0.4, 0.5) is 5.69 Å². The van der Waals surface area contributed by atoms with Crippen LogP contribution in [0.15, 0.2) is 0 Å². The maximum atomic E-state index is 12.0. The SMILES string of the molecule is Cc1nn(C)c(C(=O)NCCC2CCOC2)c1N. The van der Waals surface area contributed by atoms with E-state index in [0.29, 0.717) is 29.5 Å². The lowest BCUT2D eigenvalue weighted by Gasteiger charge is -2.09. The van der Waals surface area contributed by atoms with Gasteiger partial charge in [0, 0.05) is 26.8 Å². The Morgan fingerprint density at radius 3 is 3.00 bits per heavy atom. The van der Waals surface area contributed by atoms with Crippen molar-refractivity contribution in [2.24, 2.45) is 13.0 Å². The van der Waals surface area contributed by atoms with E-state index in [0.717, 1.165) is 26.1 Å². The topological polar surface area (TPSA) is 82.2 Å². The van der Waals surface area contributed by atoms with Gasteiger partial charge in [-0.15, -0.1) is 0 Å². The third kappa shape index (κ3) is 2.64. The predicted octanol–water partition coefficient (Wildman–Crippen LogP) is 0.467. The summed E-state index contributed by atoms with van der Waals surface area (Å²) >= 11 is 0. The Kier molecular flexibility index (Phi) is 3.86. The number of hydrogen-bond acceptors (Lipinski definition) is 4. The van der Waals surface area contributed by atoms with Crippen molar-refractivity contribution in [3.05, 3.63) is 11.4 Å². The van der Waals surface area contributed by atoms with Gasteiger partial charge >= 0.3 is 0 Å². The number of nitrogens with zero attached hydrogens (tertiary/aromatic N) is 2. The number of nitrogen functional groups attached to an aromatic ring is 1. The Bertz CT molecular complexity index is 436. The first-order chi connectivity index (χ1) is 8.59. The predicted molar refractivity (Wildman–Crippen MR) is 68.2 cm³/mol. The van der Waals surface area contributed by atoms with Gasteiger partial charge in [-0.05, 0) is 25.7 Å². The zero-order chi connectivity index (χ0) is 13.1. The van der Waals surface area contributed by atoms with E-state index in [2.05, 4.69) is 10.4 Å². The molecule has 0 bridgehead atoms. The number of aromatic nitrogens is 2. The first kappa shape index (κ1) is 12.9. The van der Waals surface area contributed by atoms with Crippen molar-refractivity contribution in [3.8, 4) is 0 Å². The lowest BCUT2D eigenvalue weighted by Crippen LogP contribution is -2.28. The number of aryl methyl sites for hydroxylation is 2. The number of nitrogens with two attached hydrogens (primary N) is 1. The van der Waals surface area contributed by atoms with Crippen LogP contribution in [0, 0.1) is 12.8 Å². The van der Waals surface area contributed by atoms with Gasteiger partial charge in [0.15, 0.2) is 0 Å². The van der Waals surface area contributed by atoms with Gasteiger partial charge in [0.1, 0.15) is 5.69 Å². The van der Waals surface area contributed by atoms with Crippen LogP contribution in [0.3, 0.4) is 0 Å². The van der Waals surface area contributed by atoms with E-state index in [1.54, 1.807) is 14.0 Å². The summed E-state index contributed by atoms with van der Waals surface area (Å²) in [6.45, 7) is 4.09. The van der Waals surface area contributed by atoms with Crippen LogP contribution in [0.5, 0.6) is 0 Å². The summed E-state index contributed by atoms with van der Waals surface area (Å²) in [4.78, 5) is 12.0. The Morgan fingerprint density at radius 2 is 2.44 bits per heavy atom. The first-order valence-electron chi connectivity index (χ1n) is 6.24. The van der Waals surface area contributed by atoms with Gasteiger partial charge in [-0.2, -0.15) is 5.10 Å². The molecule has 0 radical (unpaired) electrons. The molecule has 1 fully saturated rings. The molecule has 3 N–H and O–H groups in total. The van der Waals surface area contributed by atoms with Gasteiger partial charge < -0.3 is 15.8 Å². The van der Waals surface area contributed by atoms with Crippen LogP contribution in [-0.2, 0) is 11.8 Å². The summed E-state index contributed by atoms with van der Waals surface area (Å²) < 4.78 is 6.82. The minimum atomic E-state index is -0.158. The molecule has 1 aromatic rings. The highest BCUT2D eigenvalue weighted by molar-refractivity contribution is 5.97. The van der Waals surface area contributed by atoms with E-state index >= 15 is 0 Å². The molecule has 1 unspecified atom stereocenters. The van der Waals surface area contributed by atoms with Gasteiger partial charge in [-0.3, -0.25) is 9.48 Å². The van der Waals surface area contributed by atoms with Crippen molar-refractivity contribution >= 4 is 11.6 Å². The molecule has 1 saturated heterocycles. The molecule has 0 aliphatic carbocycles. The fraction of sp³-hybridized carbons (Fsp3) is 0.667. The van der Waals surface area contributed by atoms with Crippen LogP contribution in [0.2, 0.25) is 0 Å². The Morgan fingerprint density at radius 1 is 1.67 bits per heavy atom. The Balaban J connectivity index is 1.87. The lowest BCUT2D eigenvalue weighted by atomic mass is 10.1. The van der Waals surface area contributed by atoms with E-state index in [1.807, 2.05) is 0 Å². The molecule has 0 saturated carbocycles. The second-order valence-corrected chi connectivity index (χ2v) is 4.75. The molecule has 1 atom stereocenters. The number of anilines is 1. The fourth-order valence-electron chi connectivity index (χ4n) is 2.23. The molecule has 100 valence electrons. The standard InChI is InChI=1S/C12H20N4O2/c1-8-10(13)11(16(2)15-8)12(17)14-5-3-9-4-6-18-7-9/h9H,3-7,13H2,1-2H3,(H,14,17). The second kappa shape index (κ2) is 5.39. The van der Waals surface area contributed by atoms with Gasteiger partial charge in [0.2, 0.25) is 0 Å². The minimum absolute atomic E-state index is 0.158. The number of hydrogen-bond donors (Lipinski definition) is 2. The average molecular weight is 252 g/mol. The lowest BCUT2D eigenvalue weighted by molar-refractivity contribution is 0.0942. The summed E-state index contributed by atoms with van der Waals surface area (Å²) in [6.07, 6.45) is 2.03. The third-order valence-corrected chi connectivity index (χ3v) is 3.35. The van der Waals surface area contributed by atoms with Crippen LogP contribution in [-0.4, -0.2) is 35.4 Å². The molecule has 1 aliphatic heterocycles. The summed E-state index contributed by atoms with van der Waals surface area (Å²) in [6, 6.07) is 0. The Hall–Kier alpha value is -1.56. The van der Waals surface area contributed by atoms with Crippen molar-refractivity contribution < 1.29 is 9.53 Å². The zero-order valence-electron chi connectivity index (χ0n) is 10.9. The third-order valence-electron chi connectivity index (χ3n) is 3.35. The molecule has 18 heavy (non-hydrogen) atoms. The molecule has 0 spiro atoms. The molecular formula is C12H20N4O2. The molecule has 1 aliphatic rings. The maximum Gasteiger partial charge on any atom is 0.271 e. The van der Waals surface area contributed by atoms with Gasteiger partial charge in [-0.1, -0.05) is 0 Å². The van der Waals surface area contributed by atoms with Crippen molar-refractivity contribution in [3.63, 3.8) is 0 Å². The molecule has 2 heterocycles. The van der Waals surface area contributed by atoms with Gasteiger partial charge in [0.05, 0.1) is 11.4 Å². The van der Waals surface area contributed by atoms with E-state index in [4.69, 9.17) is 10.5 Å². The van der Waals surface area contributed by atoms with E-state index < -0.39 is 0 Å². The fourth-order valence-corrected chi connectivity index (χ4v) is 2.23. The molecule has 0 aromatic carbocycles. The first-order valence-corrected chi connectivity index (χ1v) is 6.24. The summed E-state index contributed by atoms with van der Waals surface area (Å²) in [5.41, 5.74) is 7.42. The Labute approximate surface area is 106 Å². The van der Waals surface area contributed by atoms with Crippen molar-refractivity contribution in [2.75, 3.05) is 25.5 Å². The van der Waals surface area contributed by atoms with Gasteiger partial charge in [-0.25, -0.2) is 0 Å². The molecule has 6 heteroatoms. The quantitative estimate of drug-likeness (QED) is 0.816. The average Bonchev–Trinajstić information content (AvgIpc) is 2.89. The van der Waals surface area contributed by atoms with Crippen molar-refractivity contribution in [2.45, 2.75) is 19.8 Å². The van der Waals surface area contributed by atoms with E-state index in [-0.39, 0.29) is 5.91 Å². The van der Waals surface area contributed by atoms with E-state index in [9.17, 15) is 4.79 Å². The number of carbonyl (C=O) groups is 1. The van der Waals surface area contributed by atoms with Crippen molar-refractivity contribution in [1.82, 2.24) is 15.1 Å². The van der Waals surface area contributed by atoms with Crippen LogP contribution >= 0.6 is 0 Å². The summed E-state index contributed by atoms with van der Waals surface area (Å²) in [5, 5.41) is 7.01. The molecule has 1 aromatic heterocycles. The van der Waals surface area contributed by atoms with Crippen LogP contribution in [0.25, 0.3) is 0 Å². The van der Waals surface area contributed by atoms with Crippen LogP contribution < -0.4 is 11.1 Å². The van der Waals surface area contributed by atoms with Crippen molar-refractivity contribution in [1.29, 1.82) is 0 Å². The second-order valence-electron chi connectivity index (χ2n) is 4.75. The largest absolute Gasteiger partial charge is 0.395 e. The smallest absolute Gasteiger partial charge is 0.271 e. The maximum absolute atomic E-state index is 12.0. The number of amides is 1. The minimum Gasteiger partial charge on any atom is -0.395 e. The number of nitrogens with one attached hydrogen (secondary N) is 1. The number of ether oxygens (including phenoxy) is 1. The monoisotopic (exact) mass is 252 g/mol. The highest BCUT2D eigenvalue weighted by Gasteiger charge is 2.19. The van der Waals surface area contributed by atoms with E-state index in [1.165, 1.54) is 4.68 Å². The summed E-state index contributed by atoms with van der Waals surface area (Å²) in [7, 11) is 1.73. The van der Waals surface area contributed by atoms with Gasteiger partial charge in [0.25, 0.3) is 5.91 Å². The number of rotatable bonds is 4. The molecular weight excluding hydrogens is 232 g/mol. The zero-order valence-corrected chi connectivity index (χ0v) is 10.9. The highest BCUT2D eigenvalue weighted by atomic mass is 16.5. The molecule has 1 amide bonds. The molecule has 2 rings (SSSR count). The van der Waals surface area contributed by atoms with Crippen LogP contribution in [0.1, 0.15) is 29.0 Å². The normalized spacial score (nSPS) is 19.1. The summed E-state index contributed by atoms with van der Waals surface area (Å²) in [5.74, 6) is 0.408.